The molecule has 0 N–H and O–H groups in total. The normalized spacial score (nSPS) is 18.7. The van der Waals surface area contributed by atoms with Crippen LogP contribution in [0, 0.1) is 0 Å². The minimum atomic E-state index is 0.581. The maximum atomic E-state index is 5.16. The molecule has 0 amide bonds. The lowest BCUT2D eigenvalue weighted by molar-refractivity contribution is 0.398. The third-order valence-electron chi connectivity index (χ3n) is 2.71. The first kappa shape index (κ1) is 11.2. The molecule has 2 heterocycles. The summed E-state index contributed by atoms with van der Waals surface area (Å²) in [6.07, 6.45) is 5.86. The van der Waals surface area contributed by atoms with Crippen LogP contribution < -0.4 is 4.74 Å². The van der Waals surface area contributed by atoms with Crippen LogP contribution in [0.1, 0.15) is 25.3 Å². The Labute approximate surface area is 96.9 Å². The molecule has 1 aromatic rings. The number of benzene rings is 1. The van der Waals surface area contributed by atoms with Gasteiger partial charge in [-0.05, 0) is 30.9 Å². The minimum absolute atomic E-state index is 0.581. The van der Waals surface area contributed by atoms with Gasteiger partial charge in [0, 0.05) is 0 Å². The fraction of sp³-hybridized carbons (Fsp3) is 0.429. The first-order valence-corrected chi connectivity index (χ1v) is 5.87. The third-order valence-corrected chi connectivity index (χ3v) is 2.71. The molecule has 0 aliphatic carbocycles. The first-order chi connectivity index (χ1) is 7.85. The highest BCUT2D eigenvalue weighted by Gasteiger charge is 2.21. The lowest BCUT2D eigenvalue weighted by Crippen LogP contribution is -1.79. The van der Waals surface area contributed by atoms with Crippen LogP contribution in [0.5, 0.6) is 11.5 Å². The SMILES string of the molecule is C=CCCC1CO1.CCc1cccc2c1O2. The van der Waals surface area contributed by atoms with Crippen LogP contribution in [-0.2, 0) is 11.2 Å². The minimum Gasteiger partial charge on any atom is -0.449 e. The standard InChI is InChI=1S/C8H8O.C6H10O/c1-2-6-4-3-5-7-8(6)9-7;1-2-3-4-6-5-7-6/h3-5H,2H2,1H3;2,6H,1,3-5H2. The van der Waals surface area contributed by atoms with Crippen molar-refractivity contribution >= 4 is 0 Å². The molecule has 0 spiro atoms. The van der Waals surface area contributed by atoms with E-state index in [0.29, 0.717) is 6.10 Å². The van der Waals surface area contributed by atoms with Crippen molar-refractivity contribution in [3.63, 3.8) is 0 Å². The number of allylic oxidation sites excluding steroid dienone is 1. The molecule has 2 nitrogen and oxygen atoms in total. The second-order valence-electron chi connectivity index (χ2n) is 4.02. The van der Waals surface area contributed by atoms with E-state index in [1.54, 1.807) is 0 Å². The Morgan fingerprint density at radius 1 is 1.50 bits per heavy atom. The van der Waals surface area contributed by atoms with Gasteiger partial charge in [-0.3, -0.25) is 0 Å². The van der Waals surface area contributed by atoms with Crippen molar-refractivity contribution in [1.82, 2.24) is 0 Å². The van der Waals surface area contributed by atoms with Crippen molar-refractivity contribution in [2.45, 2.75) is 32.3 Å². The van der Waals surface area contributed by atoms with E-state index in [-0.39, 0.29) is 0 Å². The van der Waals surface area contributed by atoms with Crippen molar-refractivity contribution < 1.29 is 9.47 Å². The highest BCUT2D eigenvalue weighted by atomic mass is 16.6. The third kappa shape index (κ3) is 3.11. The van der Waals surface area contributed by atoms with Gasteiger partial charge in [0.1, 0.15) is 0 Å². The van der Waals surface area contributed by atoms with Crippen LogP contribution in [0.25, 0.3) is 0 Å². The number of epoxide rings is 1. The predicted octanol–water partition coefficient (Wildman–Crippen LogP) is 3.71. The van der Waals surface area contributed by atoms with Crippen LogP contribution >= 0.6 is 0 Å². The Kier molecular flexibility index (Phi) is 3.62. The second-order valence-corrected chi connectivity index (χ2v) is 4.02. The molecular formula is C14H18O2. The van der Waals surface area contributed by atoms with Crippen LogP contribution in [0.2, 0.25) is 0 Å². The van der Waals surface area contributed by atoms with Gasteiger partial charge in [-0.15, -0.1) is 6.58 Å². The Morgan fingerprint density at radius 2 is 2.31 bits per heavy atom. The van der Waals surface area contributed by atoms with Gasteiger partial charge in [0.25, 0.3) is 0 Å². The number of fused-ring (bicyclic) bond motifs is 1. The number of rotatable bonds is 4. The van der Waals surface area contributed by atoms with Gasteiger partial charge in [-0.2, -0.15) is 0 Å². The number of ether oxygens (including phenoxy) is 2. The number of hydrogen-bond donors (Lipinski definition) is 0. The van der Waals surface area contributed by atoms with E-state index in [9.17, 15) is 0 Å². The van der Waals surface area contributed by atoms with Gasteiger partial charge in [0.15, 0.2) is 11.5 Å². The Bertz CT molecular complexity index is 367. The number of para-hydroxylation sites is 1. The Morgan fingerprint density at radius 3 is 2.88 bits per heavy atom. The van der Waals surface area contributed by atoms with Crippen LogP contribution in [0.3, 0.4) is 0 Å². The second kappa shape index (κ2) is 5.17. The average Bonchev–Trinajstić information content (AvgIpc) is 3.18. The summed E-state index contributed by atoms with van der Waals surface area (Å²) in [6.45, 7) is 6.72. The fourth-order valence-electron chi connectivity index (χ4n) is 1.56. The molecule has 0 radical (unpaired) electrons. The molecule has 1 fully saturated rings. The Hall–Kier alpha value is -1.28. The molecule has 1 atom stereocenters. The number of hydrogen-bond acceptors (Lipinski definition) is 2. The zero-order valence-electron chi connectivity index (χ0n) is 9.74. The van der Waals surface area contributed by atoms with E-state index < -0.39 is 0 Å². The van der Waals surface area contributed by atoms with Crippen molar-refractivity contribution in [2.24, 2.45) is 0 Å². The van der Waals surface area contributed by atoms with Crippen LogP contribution in [-0.4, -0.2) is 12.7 Å². The zero-order chi connectivity index (χ0) is 11.4. The van der Waals surface area contributed by atoms with E-state index in [2.05, 4.69) is 19.6 Å². The summed E-state index contributed by atoms with van der Waals surface area (Å²) in [7, 11) is 0. The molecule has 0 bridgehead atoms. The summed E-state index contributed by atoms with van der Waals surface area (Å²) in [4.78, 5) is 0. The summed E-state index contributed by atoms with van der Waals surface area (Å²) >= 11 is 0. The molecule has 16 heavy (non-hydrogen) atoms. The zero-order valence-corrected chi connectivity index (χ0v) is 9.74. The maximum absolute atomic E-state index is 5.16. The molecule has 2 heteroatoms. The topological polar surface area (TPSA) is 25.1 Å². The quantitative estimate of drug-likeness (QED) is 0.577. The van der Waals surface area contributed by atoms with Gasteiger partial charge in [-0.1, -0.05) is 25.1 Å². The fourth-order valence-corrected chi connectivity index (χ4v) is 1.56. The van der Waals surface area contributed by atoms with Crippen molar-refractivity contribution in [3.8, 4) is 11.5 Å². The van der Waals surface area contributed by atoms with Crippen molar-refractivity contribution in [2.75, 3.05) is 6.61 Å². The summed E-state index contributed by atoms with van der Waals surface area (Å²) in [6, 6.07) is 6.13. The summed E-state index contributed by atoms with van der Waals surface area (Å²) in [5, 5.41) is 0. The highest BCUT2D eigenvalue weighted by molar-refractivity contribution is 5.59. The average molecular weight is 218 g/mol. The Balaban J connectivity index is 0.000000125. The largest absolute Gasteiger partial charge is 0.449 e. The summed E-state index contributed by atoms with van der Waals surface area (Å²) < 4.78 is 10.1. The van der Waals surface area contributed by atoms with E-state index in [0.717, 1.165) is 30.9 Å². The summed E-state index contributed by atoms with van der Waals surface area (Å²) in [5.41, 5.74) is 1.33. The maximum Gasteiger partial charge on any atom is 0.173 e. The molecule has 0 aromatic heterocycles. The van der Waals surface area contributed by atoms with Crippen LogP contribution in [0.4, 0.5) is 0 Å². The van der Waals surface area contributed by atoms with Gasteiger partial charge in [0.2, 0.25) is 0 Å². The lowest BCUT2D eigenvalue weighted by atomic mass is 10.2. The highest BCUT2D eigenvalue weighted by Crippen LogP contribution is 2.47. The molecular weight excluding hydrogens is 200 g/mol. The van der Waals surface area contributed by atoms with Gasteiger partial charge in [-0.25, -0.2) is 0 Å². The summed E-state index contributed by atoms with van der Waals surface area (Å²) in [5.74, 6) is 2.18. The number of aryl methyl sites for hydroxylation is 1. The van der Waals surface area contributed by atoms with Crippen LogP contribution in [0.15, 0.2) is 30.9 Å². The molecule has 2 aliphatic rings. The predicted molar refractivity (Wildman–Crippen MR) is 65.1 cm³/mol. The molecule has 2 aliphatic heterocycles. The van der Waals surface area contributed by atoms with E-state index in [4.69, 9.17) is 9.47 Å². The monoisotopic (exact) mass is 218 g/mol. The smallest absolute Gasteiger partial charge is 0.173 e. The van der Waals surface area contributed by atoms with Gasteiger partial charge < -0.3 is 9.47 Å². The van der Waals surface area contributed by atoms with E-state index >= 15 is 0 Å². The molecule has 1 aromatic carbocycles. The first-order valence-electron chi connectivity index (χ1n) is 5.87. The molecule has 0 saturated carbocycles. The molecule has 1 unspecified atom stereocenters. The molecule has 3 rings (SSSR count). The van der Waals surface area contributed by atoms with Crippen molar-refractivity contribution in [1.29, 1.82) is 0 Å². The van der Waals surface area contributed by atoms with E-state index in [1.807, 2.05) is 18.2 Å². The van der Waals surface area contributed by atoms with Gasteiger partial charge >= 0.3 is 0 Å². The lowest BCUT2D eigenvalue weighted by Gasteiger charge is -1.85. The molecule has 1 saturated heterocycles. The van der Waals surface area contributed by atoms with Crippen molar-refractivity contribution in [3.05, 3.63) is 36.4 Å². The van der Waals surface area contributed by atoms with E-state index in [1.165, 1.54) is 12.0 Å². The van der Waals surface area contributed by atoms with Gasteiger partial charge in [0.05, 0.1) is 12.7 Å². The molecule has 86 valence electrons.